The van der Waals surface area contributed by atoms with Crippen molar-refractivity contribution in [2.75, 3.05) is 19.8 Å². The number of aliphatic hydroxyl groups is 1. The van der Waals surface area contributed by atoms with E-state index in [1.54, 1.807) is 0 Å². The van der Waals surface area contributed by atoms with E-state index in [9.17, 15) is 5.11 Å². The Morgan fingerprint density at radius 2 is 2.16 bits per heavy atom. The molecule has 4 nitrogen and oxygen atoms in total. The summed E-state index contributed by atoms with van der Waals surface area (Å²) in [6, 6.07) is 0.436. The quantitative estimate of drug-likeness (QED) is 0.772. The number of hydrogen-bond acceptors (Lipinski definition) is 4. The Labute approximate surface area is 116 Å². The minimum Gasteiger partial charge on any atom is -0.386 e. The third-order valence-electron chi connectivity index (χ3n) is 5.43. The molecule has 1 aliphatic carbocycles. The lowest BCUT2D eigenvalue weighted by Crippen LogP contribution is -2.64. The first-order chi connectivity index (χ1) is 8.96. The van der Waals surface area contributed by atoms with Gasteiger partial charge in [-0.3, -0.25) is 0 Å². The fourth-order valence-electron chi connectivity index (χ4n) is 3.37. The lowest BCUT2D eigenvalue weighted by Gasteiger charge is -2.54. The monoisotopic (exact) mass is 271 g/mol. The Morgan fingerprint density at radius 1 is 1.42 bits per heavy atom. The topological polar surface area (TPSA) is 50.7 Å². The van der Waals surface area contributed by atoms with Crippen LogP contribution in [0.4, 0.5) is 0 Å². The Balaban J connectivity index is 1.87. The highest BCUT2D eigenvalue weighted by molar-refractivity contribution is 5.06. The van der Waals surface area contributed by atoms with Gasteiger partial charge in [0.1, 0.15) is 5.60 Å². The van der Waals surface area contributed by atoms with Gasteiger partial charge in [-0.05, 0) is 26.7 Å². The van der Waals surface area contributed by atoms with Gasteiger partial charge in [0.25, 0.3) is 0 Å². The third-order valence-corrected chi connectivity index (χ3v) is 5.43. The molecule has 1 heterocycles. The predicted octanol–water partition coefficient (Wildman–Crippen LogP) is 1.71. The Kier molecular flexibility index (Phi) is 4.56. The molecule has 0 bridgehead atoms. The highest BCUT2D eigenvalue weighted by Gasteiger charge is 2.52. The molecule has 112 valence electrons. The molecule has 2 N–H and O–H groups in total. The number of rotatable bonds is 6. The summed E-state index contributed by atoms with van der Waals surface area (Å²) < 4.78 is 11.3. The predicted molar refractivity (Wildman–Crippen MR) is 75.2 cm³/mol. The Morgan fingerprint density at radius 3 is 2.68 bits per heavy atom. The van der Waals surface area contributed by atoms with Crippen molar-refractivity contribution in [2.24, 2.45) is 5.41 Å². The minimum absolute atomic E-state index is 0.0735. The van der Waals surface area contributed by atoms with Gasteiger partial charge in [-0.1, -0.05) is 13.8 Å². The van der Waals surface area contributed by atoms with Crippen LogP contribution in [0.25, 0.3) is 0 Å². The molecule has 1 saturated heterocycles. The van der Waals surface area contributed by atoms with Crippen LogP contribution < -0.4 is 5.32 Å². The van der Waals surface area contributed by atoms with Crippen LogP contribution in [0.3, 0.4) is 0 Å². The van der Waals surface area contributed by atoms with Crippen LogP contribution in [-0.4, -0.2) is 48.7 Å². The maximum atomic E-state index is 10.5. The van der Waals surface area contributed by atoms with Gasteiger partial charge < -0.3 is 19.9 Å². The first-order valence-corrected chi connectivity index (χ1v) is 7.65. The molecule has 2 rings (SSSR count). The van der Waals surface area contributed by atoms with Gasteiger partial charge in [0, 0.05) is 37.6 Å². The van der Waals surface area contributed by atoms with Gasteiger partial charge in [0.2, 0.25) is 0 Å². The van der Waals surface area contributed by atoms with Crippen molar-refractivity contribution in [1.82, 2.24) is 5.32 Å². The largest absolute Gasteiger partial charge is 0.386 e. The summed E-state index contributed by atoms with van der Waals surface area (Å²) in [4.78, 5) is 0. The van der Waals surface area contributed by atoms with Crippen molar-refractivity contribution in [3.63, 3.8) is 0 Å². The molecule has 0 aromatic rings. The molecule has 4 heteroatoms. The van der Waals surface area contributed by atoms with E-state index < -0.39 is 5.60 Å². The van der Waals surface area contributed by atoms with Crippen molar-refractivity contribution >= 4 is 0 Å². The molecule has 2 aliphatic rings. The lowest BCUT2D eigenvalue weighted by atomic mass is 9.61. The van der Waals surface area contributed by atoms with Gasteiger partial charge >= 0.3 is 0 Å². The molecule has 0 radical (unpaired) electrons. The summed E-state index contributed by atoms with van der Waals surface area (Å²) >= 11 is 0. The molecule has 5 atom stereocenters. The van der Waals surface area contributed by atoms with Crippen LogP contribution in [0.1, 0.15) is 47.0 Å². The zero-order chi connectivity index (χ0) is 14.1. The van der Waals surface area contributed by atoms with Crippen LogP contribution in [-0.2, 0) is 9.47 Å². The third kappa shape index (κ3) is 2.68. The summed E-state index contributed by atoms with van der Waals surface area (Å²) in [7, 11) is 0. The van der Waals surface area contributed by atoms with Crippen molar-refractivity contribution in [3.05, 3.63) is 0 Å². The Hall–Kier alpha value is -0.160. The molecule has 2 fully saturated rings. The second kappa shape index (κ2) is 5.68. The van der Waals surface area contributed by atoms with Crippen LogP contribution in [0, 0.1) is 5.41 Å². The normalized spacial score (nSPS) is 46.3. The van der Waals surface area contributed by atoms with Crippen molar-refractivity contribution < 1.29 is 14.6 Å². The second-order valence-corrected chi connectivity index (χ2v) is 6.34. The van der Waals surface area contributed by atoms with Crippen LogP contribution in [0.15, 0.2) is 0 Å². The minimum atomic E-state index is -0.703. The van der Waals surface area contributed by atoms with Gasteiger partial charge in [-0.25, -0.2) is 0 Å². The van der Waals surface area contributed by atoms with Crippen molar-refractivity contribution in [2.45, 2.75) is 70.8 Å². The summed E-state index contributed by atoms with van der Waals surface area (Å²) in [5.41, 5.74) is -0.513. The fraction of sp³-hybridized carbons (Fsp3) is 1.00. The maximum absolute atomic E-state index is 10.5. The summed E-state index contributed by atoms with van der Waals surface area (Å²) in [6.07, 6.45) is 3.15. The summed E-state index contributed by atoms with van der Waals surface area (Å²) in [5.74, 6) is 0. The van der Waals surface area contributed by atoms with Crippen LogP contribution in [0.5, 0.6) is 0 Å². The lowest BCUT2D eigenvalue weighted by molar-refractivity contribution is -0.131. The SMILES string of the molecule is CCOC1CC(NCC2(O)CCOC2C)C1(C)CC. The standard InChI is InChI=1S/C15H29NO3/c1-5-14(4)12(9-13(14)18-6-2)16-10-15(17)7-8-19-11(15)3/h11-13,16-17H,5-10H2,1-4H3. The van der Waals surface area contributed by atoms with E-state index >= 15 is 0 Å². The smallest absolute Gasteiger partial charge is 0.105 e. The second-order valence-electron chi connectivity index (χ2n) is 6.34. The van der Waals surface area contributed by atoms with E-state index in [4.69, 9.17) is 9.47 Å². The van der Waals surface area contributed by atoms with Crippen LogP contribution in [0.2, 0.25) is 0 Å². The fourth-order valence-corrected chi connectivity index (χ4v) is 3.37. The van der Waals surface area contributed by atoms with Crippen LogP contribution >= 0.6 is 0 Å². The van der Waals surface area contributed by atoms with Crippen molar-refractivity contribution in [1.29, 1.82) is 0 Å². The number of nitrogens with one attached hydrogen (secondary N) is 1. The average Bonchev–Trinajstić information content (AvgIpc) is 2.72. The zero-order valence-corrected chi connectivity index (χ0v) is 12.7. The first-order valence-electron chi connectivity index (χ1n) is 7.65. The van der Waals surface area contributed by atoms with E-state index in [1.165, 1.54) is 0 Å². The van der Waals surface area contributed by atoms with E-state index in [2.05, 4.69) is 26.1 Å². The summed E-state index contributed by atoms with van der Waals surface area (Å²) in [5, 5.41) is 14.1. The molecule has 0 aromatic heterocycles. The maximum Gasteiger partial charge on any atom is 0.105 e. The molecule has 19 heavy (non-hydrogen) atoms. The average molecular weight is 271 g/mol. The zero-order valence-electron chi connectivity index (χ0n) is 12.7. The first kappa shape index (κ1) is 15.2. The molecule has 0 aromatic carbocycles. The van der Waals surface area contributed by atoms with Crippen molar-refractivity contribution in [3.8, 4) is 0 Å². The number of hydrogen-bond donors (Lipinski definition) is 2. The van der Waals surface area contributed by atoms with E-state index in [0.717, 1.165) is 25.9 Å². The number of ether oxygens (including phenoxy) is 2. The van der Waals surface area contributed by atoms with E-state index in [-0.39, 0.29) is 11.5 Å². The molecular weight excluding hydrogens is 242 g/mol. The molecule has 1 aliphatic heterocycles. The van der Waals surface area contributed by atoms with E-state index in [1.807, 2.05) is 6.92 Å². The molecule has 0 spiro atoms. The highest BCUT2D eigenvalue weighted by atomic mass is 16.5. The van der Waals surface area contributed by atoms with Gasteiger partial charge in [0.05, 0.1) is 12.2 Å². The summed E-state index contributed by atoms with van der Waals surface area (Å²) in [6.45, 7) is 10.6. The molecule has 1 saturated carbocycles. The van der Waals surface area contributed by atoms with Gasteiger partial charge in [-0.15, -0.1) is 0 Å². The molecule has 0 amide bonds. The van der Waals surface area contributed by atoms with Gasteiger partial charge in [-0.2, -0.15) is 0 Å². The molecule has 5 unspecified atom stereocenters. The molecular formula is C15H29NO3. The Bertz CT molecular complexity index is 312. The highest BCUT2D eigenvalue weighted by Crippen LogP contribution is 2.46. The van der Waals surface area contributed by atoms with E-state index in [0.29, 0.717) is 25.3 Å². The van der Waals surface area contributed by atoms with Gasteiger partial charge in [0.15, 0.2) is 0 Å².